The molecule has 0 atom stereocenters. The third-order valence-electron chi connectivity index (χ3n) is 5.17. The molecule has 1 fully saturated rings. The molecular formula is C21H24N4O. The number of nitrogens with zero attached hydrogens (tertiary/aromatic N) is 3. The van der Waals surface area contributed by atoms with Gasteiger partial charge in [0.25, 0.3) is 5.89 Å². The van der Waals surface area contributed by atoms with E-state index in [1.54, 1.807) is 0 Å². The first-order valence-corrected chi connectivity index (χ1v) is 9.34. The lowest BCUT2D eigenvalue weighted by Crippen LogP contribution is -2.04. The van der Waals surface area contributed by atoms with E-state index in [9.17, 15) is 0 Å². The molecule has 0 saturated heterocycles. The Morgan fingerprint density at radius 2 is 1.73 bits per heavy atom. The first-order valence-electron chi connectivity index (χ1n) is 9.34. The van der Waals surface area contributed by atoms with Gasteiger partial charge in [-0.25, -0.2) is 4.98 Å². The van der Waals surface area contributed by atoms with Crippen LogP contribution in [0.3, 0.4) is 0 Å². The van der Waals surface area contributed by atoms with Crippen molar-refractivity contribution >= 4 is 5.82 Å². The molecule has 1 saturated carbocycles. The zero-order valence-corrected chi connectivity index (χ0v) is 15.3. The number of benzene rings is 1. The van der Waals surface area contributed by atoms with Crippen LogP contribution in [0, 0.1) is 6.92 Å². The molecule has 1 aliphatic carbocycles. The van der Waals surface area contributed by atoms with Gasteiger partial charge >= 0.3 is 0 Å². The van der Waals surface area contributed by atoms with Gasteiger partial charge < -0.3 is 9.84 Å². The molecule has 3 aromatic rings. The molecule has 2 aromatic heterocycles. The number of aromatic nitrogens is 3. The van der Waals surface area contributed by atoms with Crippen LogP contribution in [0.15, 0.2) is 40.9 Å². The highest BCUT2D eigenvalue weighted by Crippen LogP contribution is 2.34. The SMILES string of the molecule is CNc1nc(C)ccc1-c1noc(-c2ccc(C3CCCCC3)cc2)n1. The van der Waals surface area contributed by atoms with Gasteiger partial charge in [0.05, 0.1) is 5.56 Å². The molecule has 0 spiro atoms. The number of nitrogens with one attached hydrogen (secondary N) is 1. The quantitative estimate of drug-likeness (QED) is 0.702. The highest BCUT2D eigenvalue weighted by Gasteiger charge is 2.17. The Balaban J connectivity index is 1.58. The molecule has 5 nitrogen and oxygen atoms in total. The molecule has 0 aliphatic heterocycles. The lowest BCUT2D eigenvalue weighted by Gasteiger charge is -2.21. The minimum absolute atomic E-state index is 0.540. The largest absolute Gasteiger partial charge is 0.373 e. The Kier molecular flexibility index (Phi) is 4.69. The summed E-state index contributed by atoms with van der Waals surface area (Å²) in [6.07, 6.45) is 6.67. The molecule has 1 aromatic carbocycles. The van der Waals surface area contributed by atoms with Crippen molar-refractivity contribution in [1.29, 1.82) is 0 Å². The average Bonchev–Trinajstić information content (AvgIpc) is 3.18. The third kappa shape index (κ3) is 3.34. The van der Waals surface area contributed by atoms with E-state index in [0.717, 1.165) is 22.6 Å². The Hall–Kier alpha value is -2.69. The van der Waals surface area contributed by atoms with Gasteiger partial charge in [-0.05, 0) is 55.5 Å². The predicted molar refractivity (Wildman–Crippen MR) is 103 cm³/mol. The van der Waals surface area contributed by atoms with Crippen LogP contribution in [0.2, 0.25) is 0 Å². The first kappa shape index (κ1) is 16.8. The van der Waals surface area contributed by atoms with Crippen LogP contribution in [-0.4, -0.2) is 22.2 Å². The lowest BCUT2D eigenvalue weighted by molar-refractivity contribution is 0.432. The lowest BCUT2D eigenvalue weighted by atomic mass is 9.84. The number of rotatable bonds is 4. The topological polar surface area (TPSA) is 63.8 Å². The normalized spacial score (nSPS) is 15.2. The fourth-order valence-corrected chi connectivity index (χ4v) is 3.71. The van der Waals surface area contributed by atoms with Gasteiger partial charge in [-0.15, -0.1) is 0 Å². The van der Waals surface area contributed by atoms with E-state index in [1.807, 2.05) is 26.1 Å². The predicted octanol–water partition coefficient (Wildman–Crippen LogP) is 5.20. The van der Waals surface area contributed by atoms with Gasteiger partial charge in [-0.2, -0.15) is 4.98 Å². The van der Waals surface area contributed by atoms with Crippen LogP contribution in [0.1, 0.15) is 49.3 Å². The number of pyridine rings is 1. The maximum Gasteiger partial charge on any atom is 0.258 e. The number of anilines is 1. The minimum Gasteiger partial charge on any atom is -0.373 e. The molecule has 1 aliphatic rings. The standard InChI is InChI=1S/C21H24N4O/c1-14-8-13-18(19(22-2)23-14)20-24-21(26-25-20)17-11-9-16(10-12-17)15-6-4-3-5-7-15/h8-13,15H,3-7H2,1-2H3,(H,22,23). The Bertz CT molecular complexity index is 879. The fourth-order valence-electron chi connectivity index (χ4n) is 3.71. The molecule has 0 amide bonds. The van der Waals surface area contributed by atoms with Crippen LogP contribution in [0.5, 0.6) is 0 Å². The van der Waals surface area contributed by atoms with Crippen LogP contribution >= 0.6 is 0 Å². The molecule has 5 heteroatoms. The summed E-state index contributed by atoms with van der Waals surface area (Å²) in [4.78, 5) is 9.05. The van der Waals surface area contributed by atoms with E-state index >= 15 is 0 Å². The van der Waals surface area contributed by atoms with E-state index in [-0.39, 0.29) is 0 Å². The summed E-state index contributed by atoms with van der Waals surface area (Å²) in [5.74, 6) is 2.55. The van der Waals surface area contributed by atoms with Crippen LogP contribution in [0.4, 0.5) is 5.82 Å². The van der Waals surface area contributed by atoms with Crippen molar-refractivity contribution in [2.45, 2.75) is 44.9 Å². The molecule has 0 radical (unpaired) electrons. The molecule has 26 heavy (non-hydrogen) atoms. The van der Waals surface area contributed by atoms with Crippen molar-refractivity contribution in [2.24, 2.45) is 0 Å². The maximum atomic E-state index is 5.50. The maximum absolute atomic E-state index is 5.50. The summed E-state index contributed by atoms with van der Waals surface area (Å²) < 4.78 is 5.50. The van der Waals surface area contributed by atoms with Gasteiger partial charge in [-0.3, -0.25) is 0 Å². The number of hydrogen-bond acceptors (Lipinski definition) is 5. The van der Waals surface area contributed by atoms with E-state index in [2.05, 4.69) is 44.7 Å². The molecule has 0 bridgehead atoms. The molecular weight excluding hydrogens is 324 g/mol. The summed E-state index contributed by atoms with van der Waals surface area (Å²) in [6.45, 7) is 1.96. The van der Waals surface area contributed by atoms with Crippen molar-refractivity contribution in [3.8, 4) is 22.8 Å². The molecule has 2 heterocycles. The van der Waals surface area contributed by atoms with Crippen molar-refractivity contribution in [3.63, 3.8) is 0 Å². The van der Waals surface area contributed by atoms with E-state index < -0.39 is 0 Å². The summed E-state index contributed by atoms with van der Waals surface area (Å²) in [6, 6.07) is 12.5. The van der Waals surface area contributed by atoms with Gasteiger partial charge in [0.1, 0.15) is 5.82 Å². The Labute approximate surface area is 153 Å². The van der Waals surface area contributed by atoms with E-state index in [0.29, 0.717) is 17.6 Å². The third-order valence-corrected chi connectivity index (χ3v) is 5.17. The van der Waals surface area contributed by atoms with Crippen molar-refractivity contribution in [3.05, 3.63) is 47.7 Å². The average molecular weight is 348 g/mol. The Morgan fingerprint density at radius 1 is 0.962 bits per heavy atom. The van der Waals surface area contributed by atoms with Gasteiger partial charge in [0.15, 0.2) is 0 Å². The zero-order chi connectivity index (χ0) is 17.9. The van der Waals surface area contributed by atoms with E-state index in [4.69, 9.17) is 4.52 Å². The van der Waals surface area contributed by atoms with Crippen LogP contribution in [0.25, 0.3) is 22.8 Å². The molecule has 134 valence electrons. The zero-order valence-electron chi connectivity index (χ0n) is 15.3. The molecule has 1 N–H and O–H groups in total. The summed E-state index contributed by atoms with van der Waals surface area (Å²) in [7, 11) is 1.84. The fraction of sp³-hybridized carbons (Fsp3) is 0.381. The molecule has 0 unspecified atom stereocenters. The van der Waals surface area contributed by atoms with Gasteiger partial charge in [0.2, 0.25) is 5.82 Å². The highest BCUT2D eigenvalue weighted by atomic mass is 16.5. The number of aryl methyl sites for hydroxylation is 1. The Morgan fingerprint density at radius 3 is 2.46 bits per heavy atom. The first-order chi connectivity index (χ1) is 12.7. The highest BCUT2D eigenvalue weighted by molar-refractivity contribution is 5.71. The van der Waals surface area contributed by atoms with Crippen LogP contribution < -0.4 is 5.32 Å². The summed E-state index contributed by atoms with van der Waals surface area (Å²) in [5.41, 5.74) is 4.16. The van der Waals surface area contributed by atoms with Crippen molar-refractivity contribution < 1.29 is 4.52 Å². The minimum atomic E-state index is 0.540. The van der Waals surface area contributed by atoms with Crippen LogP contribution in [-0.2, 0) is 0 Å². The van der Waals surface area contributed by atoms with E-state index in [1.165, 1.54) is 37.7 Å². The smallest absolute Gasteiger partial charge is 0.258 e. The van der Waals surface area contributed by atoms with Crippen molar-refractivity contribution in [2.75, 3.05) is 12.4 Å². The second-order valence-corrected chi connectivity index (χ2v) is 6.98. The second kappa shape index (κ2) is 7.28. The summed E-state index contributed by atoms with van der Waals surface area (Å²) in [5, 5.41) is 7.24. The monoisotopic (exact) mass is 348 g/mol. The van der Waals surface area contributed by atoms with Gasteiger partial charge in [0, 0.05) is 18.3 Å². The molecule has 4 rings (SSSR count). The summed E-state index contributed by atoms with van der Waals surface area (Å²) >= 11 is 0. The number of hydrogen-bond donors (Lipinski definition) is 1. The van der Waals surface area contributed by atoms with Gasteiger partial charge in [-0.1, -0.05) is 36.6 Å². The second-order valence-electron chi connectivity index (χ2n) is 6.98. The van der Waals surface area contributed by atoms with Crippen molar-refractivity contribution in [1.82, 2.24) is 15.1 Å².